The molecule has 2 aromatic rings. The number of hydrogen-bond donors (Lipinski definition) is 1. The molecule has 30 heavy (non-hydrogen) atoms. The Morgan fingerprint density at radius 3 is 2.63 bits per heavy atom. The van der Waals surface area contributed by atoms with E-state index in [4.69, 9.17) is 0 Å². The van der Waals surface area contributed by atoms with Crippen molar-refractivity contribution in [3.05, 3.63) is 47.8 Å². The van der Waals surface area contributed by atoms with Crippen LogP contribution in [0, 0.1) is 28.6 Å². The van der Waals surface area contributed by atoms with Crippen LogP contribution in [0.15, 0.2) is 42.2 Å². The van der Waals surface area contributed by atoms with Crippen molar-refractivity contribution in [3.63, 3.8) is 0 Å². The molecule has 0 spiro atoms. The molecule has 0 bridgehead atoms. The molecule has 3 fully saturated rings. The third-order valence-corrected chi connectivity index (χ3v) is 10.1. The van der Waals surface area contributed by atoms with Gasteiger partial charge in [0.25, 0.3) is 0 Å². The SMILES string of the molecule is C[C@]12CC[C@H]3[C@@H](CC=C4C[C@H](O)CC[C@@]43C)[C@@H]1CC[C@@H]2c1ccc2cnncc2c1. The third-order valence-electron chi connectivity index (χ3n) is 10.1. The first-order valence-corrected chi connectivity index (χ1v) is 12.1. The molecule has 0 radical (unpaired) electrons. The van der Waals surface area contributed by atoms with Gasteiger partial charge in [0.05, 0.1) is 18.5 Å². The molecule has 158 valence electrons. The Hall–Kier alpha value is -1.74. The number of aliphatic hydroxyl groups excluding tert-OH is 1. The highest BCUT2D eigenvalue weighted by Gasteiger charge is 2.58. The van der Waals surface area contributed by atoms with Gasteiger partial charge >= 0.3 is 0 Å². The van der Waals surface area contributed by atoms with Crippen molar-refractivity contribution in [2.45, 2.75) is 77.2 Å². The van der Waals surface area contributed by atoms with Crippen molar-refractivity contribution in [3.8, 4) is 0 Å². The minimum atomic E-state index is -0.108. The minimum Gasteiger partial charge on any atom is -0.393 e. The summed E-state index contributed by atoms with van der Waals surface area (Å²) in [5.74, 6) is 3.12. The zero-order valence-electron chi connectivity index (χ0n) is 18.3. The topological polar surface area (TPSA) is 46.0 Å². The van der Waals surface area contributed by atoms with Crippen molar-refractivity contribution in [2.24, 2.45) is 28.6 Å². The zero-order valence-corrected chi connectivity index (χ0v) is 18.3. The van der Waals surface area contributed by atoms with E-state index in [9.17, 15) is 5.11 Å². The van der Waals surface area contributed by atoms with Crippen LogP contribution in [-0.4, -0.2) is 21.4 Å². The van der Waals surface area contributed by atoms with Gasteiger partial charge in [0, 0.05) is 10.8 Å². The number of aliphatic hydroxyl groups is 1. The standard InChI is InChI=1S/C27H34N2O/c1-26-11-9-21(30)14-20(26)5-6-22-24-8-7-23(27(24,2)12-10-25(22)26)17-3-4-18-15-28-29-16-19(18)13-17/h3-5,13,15-16,21-25,30H,6-12,14H2,1-2H3/t21-,22+,23-,24+,25+,26+,27-/m1/s1. The normalized spacial score (nSPS) is 42.9. The Balaban J connectivity index is 1.33. The number of allylic oxidation sites excluding steroid dienone is 1. The van der Waals surface area contributed by atoms with Gasteiger partial charge in [-0.3, -0.25) is 0 Å². The summed E-state index contributed by atoms with van der Waals surface area (Å²) in [5.41, 5.74) is 3.84. The van der Waals surface area contributed by atoms with Gasteiger partial charge in [0.2, 0.25) is 0 Å². The molecule has 1 heterocycles. The lowest BCUT2D eigenvalue weighted by Gasteiger charge is -2.58. The average molecular weight is 403 g/mol. The van der Waals surface area contributed by atoms with E-state index in [1.54, 1.807) is 5.57 Å². The lowest BCUT2D eigenvalue weighted by Crippen LogP contribution is -2.50. The molecule has 0 amide bonds. The van der Waals surface area contributed by atoms with Crippen molar-refractivity contribution in [2.75, 3.05) is 0 Å². The average Bonchev–Trinajstić information content (AvgIpc) is 3.11. The molecule has 3 nitrogen and oxygen atoms in total. The van der Waals surface area contributed by atoms with Gasteiger partial charge in [-0.2, -0.15) is 10.2 Å². The van der Waals surface area contributed by atoms with E-state index in [0.717, 1.165) is 30.6 Å². The zero-order chi connectivity index (χ0) is 20.5. The van der Waals surface area contributed by atoms with E-state index in [0.29, 0.717) is 16.7 Å². The predicted molar refractivity (Wildman–Crippen MR) is 120 cm³/mol. The first-order valence-electron chi connectivity index (χ1n) is 12.1. The summed E-state index contributed by atoms with van der Waals surface area (Å²) >= 11 is 0. The molecule has 7 atom stereocenters. The second-order valence-corrected chi connectivity index (χ2v) is 11.2. The molecule has 1 N–H and O–H groups in total. The van der Waals surface area contributed by atoms with Gasteiger partial charge in [0.1, 0.15) is 0 Å². The summed E-state index contributed by atoms with van der Waals surface area (Å²) in [6, 6.07) is 6.99. The molecule has 1 aromatic carbocycles. The van der Waals surface area contributed by atoms with Crippen LogP contribution >= 0.6 is 0 Å². The van der Waals surface area contributed by atoms with E-state index in [1.807, 2.05) is 12.4 Å². The second kappa shape index (κ2) is 6.63. The highest BCUT2D eigenvalue weighted by atomic mass is 16.3. The lowest BCUT2D eigenvalue weighted by molar-refractivity contribution is -0.0409. The lowest BCUT2D eigenvalue weighted by atomic mass is 9.47. The van der Waals surface area contributed by atoms with Gasteiger partial charge in [-0.05, 0) is 97.5 Å². The third kappa shape index (κ3) is 2.60. The molecule has 1 aromatic heterocycles. The van der Waals surface area contributed by atoms with Crippen LogP contribution in [0.4, 0.5) is 0 Å². The summed E-state index contributed by atoms with van der Waals surface area (Å²) < 4.78 is 0. The maximum absolute atomic E-state index is 10.2. The van der Waals surface area contributed by atoms with Crippen molar-refractivity contribution in [1.29, 1.82) is 0 Å². The van der Waals surface area contributed by atoms with Crippen LogP contribution in [-0.2, 0) is 0 Å². The van der Waals surface area contributed by atoms with E-state index in [1.165, 1.54) is 54.9 Å². The Morgan fingerprint density at radius 2 is 1.77 bits per heavy atom. The van der Waals surface area contributed by atoms with E-state index >= 15 is 0 Å². The van der Waals surface area contributed by atoms with Crippen LogP contribution < -0.4 is 0 Å². The van der Waals surface area contributed by atoms with Gasteiger partial charge in [-0.1, -0.05) is 37.6 Å². The number of benzene rings is 1. The van der Waals surface area contributed by atoms with Crippen LogP contribution in [0.3, 0.4) is 0 Å². The van der Waals surface area contributed by atoms with Crippen LogP contribution in [0.1, 0.15) is 76.7 Å². The number of fused-ring (bicyclic) bond motifs is 6. The monoisotopic (exact) mass is 402 g/mol. The van der Waals surface area contributed by atoms with Gasteiger partial charge in [-0.15, -0.1) is 0 Å². The van der Waals surface area contributed by atoms with Crippen molar-refractivity contribution >= 4 is 10.8 Å². The van der Waals surface area contributed by atoms with Gasteiger partial charge in [0.15, 0.2) is 0 Å². The summed E-state index contributed by atoms with van der Waals surface area (Å²) in [5, 5.41) is 20.8. The number of hydrogen-bond acceptors (Lipinski definition) is 3. The van der Waals surface area contributed by atoms with Crippen LogP contribution in [0.25, 0.3) is 10.8 Å². The van der Waals surface area contributed by atoms with E-state index in [2.05, 4.69) is 48.3 Å². The first kappa shape index (κ1) is 19.0. The second-order valence-electron chi connectivity index (χ2n) is 11.2. The maximum Gasteiger partial charge on any atom is 0.0577 e. The maximum atomic E-state index is 10.2. The predicted octanol–water partition coefficient (Wildman–Crippen LogP) is 6.04. The van der Waals surface area contributed by atoms with Crippen LogP contribution in [0.5, 0.6) is 0 Å². The largest absolute Gasteiger partial charge is 0.393 e. The number of aromatic nitrogens is 2. The fourth-order valence-corrected chi connectivity index (χ4v) is 8.42. The van der Waals surface area contributed by atoms with E-state index in [-0.39, 0.29) is 6.10 Å². The Bertz CT molecular complexity index is 1010. The Labute approximate surface area is 180 Å². The van der Waals surface area contributed by atoms with E-state index < -0.39 is 0 Å². The Kier molecular flexibility index (Phi) is 4.19. The quantitative estimate of drug-likeness (QED) is 0.592. The fraction of sp³-hybridized carbons (Fsp3) is 0.630. The molecule has 0 aliphatic heterocycles. The smallest absolute Gasteiger partial charge is 0.0577 e. The van der Waals surface area contributed by atoms with Gasteiger partial charge in [-0.25, -0.2) is 0 Å². The first-order chi connectivity index (χ1) is 14.5. The molecule has 3 saturated carbocycles. The fourth-order valence-electron chi connectivity index (χ4n) is 8.42. The molecular formula is C27H34N2O. The number of nitrogens with zero attached hydrogens (tertiary/aromatic N) is 2. The molecule has 4 aliphatic rings. The molecule has 3 heteroatoms. The molecular weight excluding hydrogens is 368 g/mol. The molecule has 4 aliphatic carbocycles. The highest BCUT2D eigenvalue weighted by molar-refractivity contribution is 5.81. The summed E-state index contributed by atoms with van der Waals surface area (Å²) in [4.78, 5) is 0. The molecule has 0 unspecified atom stereocenters. The summed E-state index contributed by atoms with van der Waals surface area (Å²) in [7, 11) is 0. The minimum absolute atomic E-state index is 0.108. The summed E-state index contributed by atoms with van der Waals surface area (Å²) in [6.45, 7) is 5.13. The molecule has 0 saturated heterocycles. The van der Waals surface area contributed by atoms with Gasteiger partial charge < -0.3 is 5.11 Å². The van der Waals surface area contributed by atoms with Crippen molar-refractivity contribution < 1.29 is 5.11 Å². The Morgan fingerprint density at radius 1 is 0.933 bits per heavy atom. The van der Waals surface area contributed by atoms with Crippen LogP contribution in [0.2, 0.25) is 0 Å². The highest BCUT2D eigenvalue weighted by Crippen LogP contribution is 2.68. The van der Waals surface area contributed by atoms with Crippen molar-refractivity contribution in [1.82, 2.24) is 10.2 Å². The molecule has 6 rings (SSSR count). The summed E-state index contributed by atoms with van der Waals surface area (Å²) in [6.07, 6.45) is 16.0. The number of rotatable bonds is 1.